The second-order valence-corrected chi connectivity index (χ2v) is 10.8. The van der Waals surface area contributed by atoms with Gasteiger partial charge in [-0.25, -0.2) is 4.39 Å². The third-order valence-electron chi connectivity index (χ3n) is 8.33. The zero-order valence-electron chi connectivity index (χ0n) is 22.1. The summed E-state index contributed by atoms with van der Waals surface area (Å²) in [4.78, 5) is 28.7. The van der Waals surface area contributed by atoms with Crippen LogP contribution in [0.2, 0.25) is 0 Å². The molecule has 0 aromatic heterocycles. The summed E-state index contributed by atoms with van der Waals surface area (Å²) in [5, 5.41) is 23.6. The lowest BCUT2D eigenvalue weighted by Gasteiger charge is -2.41. The van der Waals surface area contributed by atoms with Gasteiger partial charge in [0.05, 0.1) is 18.6 Å². The number of nitrogens with zero attached hydrogens (tertiary/aromatic N) is 1. The van der Waals surface area contributed by atoms with Gasteiger partial charge in [0.2, 0.25) is 11.8 Å². The number of ether oxygens (including phenoxy) is 1. The molecular weight excluding hydrogens is 499 g/mol. The molecular formula is C31H37FN2O5. The maximum atomic E-state index is 13.9. The van der Waals surface area contributed by atoms with Crippen molar-refractivity contribution in [3.63, 3.8) is 0 Å². The van der Waals surface area contributed by atoms with E-state index in [0.29, 0.717) is 30.1 Å². The summed E-state index contributed by atoms with van der Waals surface area (Å²) in [7, 11) is 0. The summed E-state index contributed by atoms with van der Waals surface area (Å²) >= 11 is 0. The molecule has 2 aromatic carbocycles. The summed E-state index contributed by atoms with van der Waals surface area (Å²) < 4.78 is 20.1. The molecule has 2 amide bonds. The summed E-state index contributed by atoms with van der Waals surface area (Å²) in [6.07, 6.45) is 6.09. The minimum Gasteiger partial charge on any atom is -0.486 e. The fourth-order valence-corrected chi connectivity index (χ4v) is 6.34. The number of rotatable bonds is 10. The number of halogens is 1. The van der Waals surface area contributed by atoms with Crippen molar-refractivity contribution in [3.05, 3.63) is 77.1 Å². The van der Waals surface area contributed by atoms with Crippen molar-refractivity contribution < 1.29 is 28.9 Å². The van der Waals surface area contributed by atoms with Gasteiger partial charge in [0, 0.05) is 30.6 Å². The van der Waals surface area contributed by atoms with Gasteiger partial charge in [-0.2, -0.15) is 0 Å². The fourth-order valence-electron chi connectivity index (χ4n) is 6.34. The van der Waals surface area contributed by atoms with E-state index >= 15 is 0 Å². The minimum atomic E-state index is -1.07. The van der Waals surface area contributed by atoms with Gasteiger partial charge in [0.25, 0.3) is 0 Å². The average molecular weight is 537 g/mol. The first kappa shape index (κ1) is 27.3. The molecule has 0 saturated heterocycles. The van der Waals surface area contributed by atoms with Crippen molar-refractivity contribution in [2.75, 3.05) is 19.7 Å². The van der Waals surface area contributed by atoms with Gasteiger partial charge in [-0.05, 0) is 48.6 Å². The minimum absolute atomic E-state index is 0.0902. The number of aliphatic hydroxyl groups is 2. The van der Waals surface area contributed by atoms with Crippen molar-refractivity contribution in [2.24, 2.45) is 5.92 Å². The first-order valence-corrected chi connectivity index (χ1v) is 14.0. The number of hydrogen-bond donors (Lipinski definition) is 3. The van der Waals surface area contributed by atoms with Gasteiger partial charge in [0.1, 0.15) is 23.8 Å². The lowest BCUT2D eigenvalue weighted by molar-refractivity contribution is -0.137. The Morgan fingerprint density at radius 2 is 1.90 bits per heavy atom. The number of carbonyl (C=O) groups is 2. The molecule has 2 aliphatic carbocycles. The Bertz CT molecular complexity index is 1210. The number of nitrogens with one attached hydrogen (secondary N) is 1. The zero-order valence-corrected chi connectivity index (χ0v) is 22.1. The Kier molecular flexibility index (Phi) is 8.63. The predicted octanol–water partition coefficient (Wildman–Crippen LogP) is 3.49. The number of amides is 2. The highest BCUT2D eigenvalue weighted by molar-refractivity contribution is 5.96. The van der Waals surface area contributed by atoms with E-state index in [1.165, 1.54) is 25.0 Å². The molecule has 39 heavy (non-hydrogen) atoms. The smallest absolute Gasteiger partial charge is 0.247 e. The monoisotopic (exact) mass is 536 g/mol. The van der Waals surface area contributed by atoms with E-state index in [4.69, 9.17) is 4.74 Å². The van der Waals surface area contributed by atoms with Gasteiger partial charge in [-0.1, -0.05) is 56.0 Å². The van der Waals surface area contributed by atoms with Crippen LogP contribution in [0.5, 0.6) is 5.75 Å². The molecule has 0 spiro atoms. The quantitative estimate of drug-likeness (QED) is 0.432. The number of fused-ring (bicyclic) bond motifs is 3. The maximum Gasteiger partial charge on any atom is 0.247 e. The van der Waals surface area contributed by atoms with E-state index in [1.54, 1.807) is 17.0 Å². The van der Waals surface area contributed by atoms with Crippen LogP contribution in [0.25, 0.3) is 0 Å². The highest BCUT2D eigenvalue weighted by atomic mass is 19.1. The predicted molar refractivity (Wildman–Crippen MR) is 145 cm³/mol. The van der Waals surface area contributed by atoms with Crippen molar-refractivity contribution in [1.82, 2.24) is 10.2 Å². The largest absolute Gasteiger partial charge is 0.486 e. The normalized spacial score (nSPS) is 23.9. The van der Waals surface area contributed by atoms with Gasteiger partial charge in [0.15, 0.2) is 0 Å². The molecule has 1 fully saturated rings. The molecule has 4 atom stereocenters. The third kappa shape index (κ3) is 6.02. The highest BCUT2D eigenvalue weighted by Gasteiger charge is 2.50. The summed E-state index contributed by atoms with van der Waals surface area (Å²) in [6, 6.07) is 12.9. The number of aliphatic hydroxyl groups excluding tert-OH is 2. The molecule has 3 N–H and O–H groups in total. The fraction of sp³-hybridized carbons (Fsp3) is 0.484. The van der Waals surface area contributed by atoms with Crippen LogP contribution >= 0.6 is 0 Å². The Morgan fingerprint density at radius 3 is 2.67 bits per heavy atom. The molecule has 7 nitrogen and oxygen atoms in total. The lowest BCUT2D eigenvalue weighted by Crippen LogP contribution is -2.56. The van der Waals surface area contributed by atoms with E-state index in [9.17, 15) is 24.2 Å². The number of hydrogen-bond acceptors (Lipinski definition) is 5. The van der Waals surface area contributed by atoms with Crippen LogP contribution < -0.4 is 10.1 Å². The molecule has 2 aromatic rings. The highest BCUT2D eigenvalue weighted by Crippen LogP contribution is 2.47. The van der Waals surface area contributed by atoms with Crippen molar-refractivity contribution in [2.45, 2.75) is 69.1 Å². The Morgan fingerprint density at radius 1 is 1.10 bits per heavy atom. The zero-order chi connectivity index (χ0) is 27.4. The van der Waals surface area contributed by atoms with E-state index < -0.39 is 24.2 Å². The summed E-state index contributed by atoms with van der Waals surface area (Å²) in [5.41, 5.74) is 1.97. The third-order valence-corrected chi connectivity index (χ3v) is 8.33. The molecule has 3 aliphatic rings. The van der Waals surface area contributed by atoms with Crippen LogP contribution in [0.1, 0.15) is 55.6 Å². The van der Waals surface area contributed by atoms with Crippen LogP contribution in [-0.2, 0) is 16.0 Å². The summed E-state index contributed by atoms with van der Waals surface area (Å²) in [6.45, 7) is 0.152. The standard InChI is InChI=1S/C31H37FN2O5/c32-22-9-5-8-21(18-22)14-16-34(27(36)13-12-20-6-1-2-7-20)25-19-24(31(38)33-15-17-35)28-23-10-3-4-11-26(23)39-30(28)29(25)37/h3-5,8-11,18-20,25,28-30,35,37H,1-2,6-7,12-17H2,(H,33,38). The first-order valence-electron chi connectivity index (χ1n) is 14.0. The molecule has 0 radical (unpaired) electrons. The van der Waals surface area contributed by atoms with E-state index in [2.05, 4.69) is 5.32 Å². The van der Waals surface area contributed by atoms with Gasteiger partial charge >= 0.3 is 0 Å². The van der Waals surface area contributed by atoms with Crippen LogP contribution in [0, 0.1) is 11.7 Å². The first-order chi connectivity index (χ1) is 19.0. The molecule has 208 valence electrons. The van der Waals surface area contributed by atoms with Gasteiger partial charge in [-0.3, -0.25) is 9.59 Å². The van der Waals surface area contributed by atoms with Gasteiger partial charge in [-0.15, -0.1) is 0 Å². The molecule has 5 rings (SSSR count). The van der Waals surface area contributed by atoms with Crippen LogP contribution in [0.3, 0.4) is 0 Å². The number of benzene rings is 2. The van der Waals surface area contributed by atoms with Crippen molar-refractivity contribution >= 4 is 11.8 Å². The maximum absolute atomic E-state index is 13.9. The molecule has 1 saturated carbocycles. The van der Waals surface area contributed by atoms with Crippen LogP contribution in [0.15, 0.2) is 60.2 Å². The molecule has 0 bridgehead atoms. The van der Waals surface area contributed by atoms with Gasteiger partial charge < -0.3 is 25.2 Å². The van der Waals surface area contributed by atoms with E-state index in [1.807, 2.05) is 30.3 Å². The average Bonchev–Trinajstić information content (AvgIpc) is 3.60. The van der Waals surface area contributed by atoms with E-state index in [0.717, 1.165) is 30.4 Å². The molecule has 4 unspecified atom stereocenters. The second-order valence-electron chi connectivity index (χ2n) is 10.8. The second kappa shape index (κ2) is 12.3. The Labute approximate surface area is 228 Å². The molecule has 1 heterocycles. The topological polar surface area (TPSA) is 99.1 Å². The van der Waals surface area contributed by atoms with E-state index in [-0.39, 0.29) is 37.3 Å². The summed E-state index contributed by atoms with van der Waals surface area (Å²) in [5.74, 6) is -0.158. The number of carbonyl (C=O) groups excluding carboxylic acids is 2. The SMILES string of the molecule is O=C(NCCO)C1=CC(N(CCc2cccc(F)c2)C(=O)CCC2CCCC2)C(O)C2Oc3ccccc3C12. The Hall–Kier alpha value is -3.23. The number of para-hydroxylation sites is 1. The van der Waals surface area contributed by atoms with Crippen molar-refractivity contribution in [3.8, 4) is 5.75 Å². The lowest BCUT2D eigenvalue weighted by atomic mass is 9.77. The Balaban J connectivity index is 1.46. The van der Waals surface area contributed by atoms with Crippen molar-refractivity contribution in [1.29, 1.82) is 0 Å². The van der Waals surface area contributed by atoms with Crippen LogP contribution in [0.4, 0.5) is 4.39 Å². The van der Waals surface area contributed by atoms with Crippen LogP contribution in [-0.4, -0.2) is 64.9 Å². The molecule has 1 aliphatic heterocycles. The molecule has 8 heteroatoms.